The van der Waals surface area contributed by atoms with Crippen molar-refractivity contribution in [1.29, 1.82) is 0 Å². The molecule has 30 heavy (non-hydrogen) atoms. The van der Waals surface area contributed by atoms with Crippen molar-refractivity contribution in [3.8, 4) is 0 Å². The van der Waals surface area contributed by atoms with Gasteiger partial charge in [-0.25, -0.2) is 0 Å². The lowest BCUT2D eigenvalue weighted by Crippen LogP contribution is -2.47. The SMILES string of the molecule is CN=C(NCCCNC(=O)c1occc1C)NC1CCCC(C(=O)NC2CC2)C1.I. The van der Waals surface area contributed by atoms with E-state index in [1.165, 1.54) is 6.26 Å². The van der Waals surface area contributed by atoms with E-state index in [4.69, 9.17) is 4.42 Å². The fourth-order valence-electron chi connectivity index (χ4n) is 3.68. The molecule has 8 nitrogen and oxygen atoms in total. The van der Waals surface area contributed by atoms with Gasteiger partial charge < -0.3 is 25.7 Å². The van der Waals surface area contributed by atoms with Gasteiger partial charge in [0.15, 0.2) is 11.7 Å². The van der Waals surface area contributed by atoms with Crippen LogP contribution in [0.2, 0.25) is 0 Å². The van der Waals surface area contributed by atoms with Gasteiger partial charge in [0.05, 0.1) is 6.26 Å². The highest BCUT2D eigenvalue weighted by molar-refractivity contribution is 14.0. The van der Waals surface area contributed by atoms with Gasteiger partial charge in [0, 0.05) is 43.7 Å². The van der Waals surface area contributed by atoms with Crippen LogP contribution in [0.15, 0.2) is 21.7 Å². The van der Waals surface area contributed by atoms with Crippen molar-refractivity contribution >= 4 is 41.8 Å². The van der Waals surface area contributed by atoms with Crippen molar-refractivity contribution in [1.82, 2.24) is 21.3 Å². The first kappa shape index (κ1) is 24.5. The highest BCUT2D eigenvalue weighted by atomic mass is 127. The molecule has 2 fully saturated rings. The molecule has 2 saturated carbocycles. The predicted molar refractivity (Wildman–Crippen MR) is 127 cm³/mol. The van der Waals surface area contributed by atoms with Gasteiger partial charge in [0.2, 0.25) is 5.91 Å². The van der Waals surface area contributed by atoms with Gasteiger partial charge in [-0.2, -0.15) is 0 Å². The first-order valence-electron chi connectivity index (χ1n) is 10.7. The highest BCUT2D eigenvalue weighted by Crippen LogP contribution is 2.26. The summed E-state index contributed by atoms with van der Waals surface area (Å²) in [6.45, 7) is 3.09. The molecule has 1 aromatic rings. The van der Waals surface area contributed by atoms with Gasteiger partial charge in [-0.1, -0.05) is 6.42 Å². The van der Waals surface area contributed by atoms with Crippen LogP contribution in [0.25, 0.3) is 0 Å². The molecular weight excluding hydrogens is 497 g/mol. The second kappa shape index (κ2) is 12.2. The van der Waals surface area contributed by atoms with E-state index in [0.717, 1.165) is 56.5 Å². The second-order valence-corrected chi connectivity index (χ2v) is 8.03. The Morgan fingerprint density at radius 2 is 1.87 bits per heavy atom. The Balaban J connectivity index is 0.00000320. The summed E-state index contributed by atoms with van der Waals surface area (Å²) >= 11 is 0. The van der Waals surface area contributed by atoms with Crippen LogP contribution in [-0.4, -0.2) is 50.0 Å². The van der Waals surface area contributed by atoms with Crippen LogP contribution in [0.5, 0.6) is 0 Å². The summed E-state index contributed by atoms with van der Waals surface area (Å²) in [5.41, 5.74) is 0.835. The third kappa shape index (κ3) is 7.48. The molecule has 9 heteroatoms. The van der Waals surface area contributed by atoms with E-state index >= 15 is 0 Å². The fraction of sp³-hybridized carbons (Fsp3) is 0.667. The first-order chi connectivity index (χ1) is 14.1. The van der Waals surface area contributed by atoms with Crippen molar-refractivity contribution < 1.29 is 14.0 Å². The molecule has 0 spiro atoms. The maximum absolute atomic E-state index is 12.3. The average Bonchev–Trinajstić information content (AvgIpc) is 3.43. The van der Waals surface area contributed by atoms with Gasteiger partial charge in [-0.3, -0.25) is 14.6 Å². The van der Waals surface area contributed by atoms with Crippen molar-refractivity contribution in [2.75, 3.05) is 20.1 Å². The van der Waals surface area contributed by atoms with Gasteiger partial charge >= 0.3 is 0 Å². The zero-order valence-electron chi connectivity index (χ0n) is 17.8. The van der Waals surface area contributed by atoms with Crippen molar-refractivity contribution in [3.63, 3.8) is 0 Å². The highest BCUT2D eigenvalue weighted by Gasteiger charge is 2.31. The minimum absolute atomic E-state index is 0. The molecule has 0 aliphatic heterocycles. The Morgan fingerprint density at radius 3 is 2.53 bits per heavy atom. The largest absolute Gasteiger partial charge is 0.459 e. The van der Waals surface area contributed by atoms with Gasteiger partial charge in [-0.15, -0.1) is 24.0 Å². The summed E-state index contributed by atoms with van der Waals surface area (Å²) in [6.07, 6.45) is 8.45. The van der Waals surface area contributed by atoms with E-state index < -0.39 is 0 Å². The number of hydrogen-bond acceptors (Lipinski definition) is 4. The van der Waals surface area contributed by atoms with Crippen molar-refractivity contribution in [3.05, 3.63) is 23.7 Å². The predicted octanol–water partition coefficient (Wildman–Crippen LogP) is 2.33. The number of amides is 2. The summed E-state index contributed by atoms with van der Waals surface area (Å²) in [7, 11) is 1.75. The first-order valence-corrected chi connectivity index (χ1v) is 10.7. The Bertz CT molecular complexity index is 732. The van der Waals surface area contributed by atoms with Crippen LogP contribution in [-0.2, 0) is 4.79 Å². The summed E-state index contributed by atoms with van der Waals surface area (Å²) in [5.74, 6) is 1.23. The summed E-state index contributed by atoms with van der Waals surface area (Å²) in [4.78, 5) is 28.6. The lowest BCUT2D eigenvalue weighted by atomic mass is 9.85. The Labute approximate surface area is 195 Å². The Kier molecular flexibility index (Phi) is 9.93. The smallest absolute Gasteiger partial charge is 0.287 e. The lowest BCUT2D eigenvalue weighted by Gasteiger charge is -2.30. The molecule has 0 saturated heterocycles. The van der Waals surface area contributed by atoms with E-state index in [9.17, 15) is 9.59 Å². The van der Waals surface area contributed by atoms with Crippen LogP contribution in [0.1, 0.15) is 61.1 Å². The number of nitrogens with one attached hydrogen (secondary N) is 4. The third-order valence-electron chi connectivity index (χ3n) is 5.53. The molecule has 2 amide bonds. The lowest BCUT2D eigenvalue weighted by molar-refractivity contribution is -0.126. The zero-order chi connectivity index (χ0) is 20.6. The minimum Gasteiger partial charge on any atom is -0.459 e. The molecule has 4 N–H and O–H groups in total. The van der Waals surface area contributed by atoms with E-state index in [-0.39, 0.29) is 47.8 Å². The number of aliphatic imine (C=N–C) groups is 1. The molecule has 0 bridgehead atoms. The fourth-order valence-corrected chi connectivity index (χ4v) is 3.68. The molecule has 0 aromatic carbocycles. The number of guanidine groups is 1. The molecule has 168 valence electrons. The number of carbonyl (C=O) groups is 2. The summed E-state index contributed by atoms with van der Waals surface area (Å²) < 4.78 is 5.19. The number of furan rings is 1. The monoisotopic (exact) mass is 531 g/mol. The van der Waals surface area contributed by atoms with Crippen LogP contribution in [0.3, 0.4) is 0 Å². The number of halogens is 1. The number of nitrogens with zero attached hydrogens (tertiary/aromatic N) is 1. The van der Waals surface area contributed by atoms with Crippen LogP contribution < -0.4 is 21.3 Å². The molecular formula is C21H34IN5O3. The normalized spacial score (nSPS) is 21.3. The van der Waals surface area contributed by atoms with Gasteiger partial charge in [0.25, 0.3) is 5.91 Å². The number of carbonyl (C=O) groups excluding carboxylic acids is 2. The zero-order valence-corrected chi connectivity index (χ0v) is 20.2. The quantitative estimate of drug-likeness (QED) is 0.178. The molecule has 1 heterocycles. The van der Waals surface area contributed by atoms with E-state index in [1.54, 1.807) is 13.1 Å². The second-order valence-electron chi connectivity index (χ2n) is 8.03. The molecule has 2 aliphatic carbocycles. The molecule has 2 aliphatic rings. The summed E-state index contributed by atoms with van der Waals surface area (Å²) in [5, 5.41) is 12.7. The molecule has 2 atom stereocenters. The van der Waals surface area contributed by atoms with E-state index in [0.29, 0.717) is 24.9 Å². The maximum Gasteiger partial charge on any atom is 0.287 e. The standard InChI is InChI=1S/C21H33N5O3.HI/c1-14-9-12-29-18(14)20(28)23-10-4-11-24-21(22-2)26-17-6-3-5-15(13-17)19(27)25-16-7-8-16;/h9,12,15-17H,3-8,10-11,13H2,1-2H3,(H,23,28)(H,25,27)(H2,22,24,26);1H. The molecule has 1 aromatic heterocycles. The Hall–Kier alpha value is -1.78. The van der Waals surface area contributed by atoms with Gasteiger partial charge in [0.1, 0.15) is 0 Å². The van der Waals surface area contributed by atoms with Crippen LogP contribution >= 0.6 is 24.0 Å². The van der Waals surface area contributed by atoms with Crippen LogP contribution in [0, 0.1) is 12.8 Å². The third-order valence-corrected chi connectivity index (χ3v) is 5.53. The summed E-state index contributed by atoms with van der Waals surface area (Å²) in [6, 6.07) is 2.45. The van der Waals surface area contributed by atoms with E-state index in [1.807, 2.05) is 6.92 Å². The molecule has 3 rings (SSSR count). The van der Waals surface area contributed by atoms with Gasteiger partial charge in [-0.05, 0) is 51.5 Å². The van der Waals surface area contributed by atoms with Crippen LogP contribution in [0.4, 0.5) is 0 Å². The Morgan fingerprint density at radius 1 is 1.10 bits per heavy atom. The minimum atomic E-state index is -0.187. The topological polar surface area (TPSA) is 108 Å². The number of rotatable bonds is 8. The van der Waals surface area contributed by atoms with Crippen molar-refractivity contribution in [2.24, 2.45) is 10.9 Å². The number of aryl methyl sites for hydroxylation is 1. The number of hydrogen-bond donors (Lipinski definition) is 4. The van der Waals surface area contributed by atoms with Crippen molar-refractivity contribution in [2.45, 2.75) is 64.0 Å². The maximum atomic E-state index is 12.3. The molecule has 0 radical (unpaired) electrons. The average molecular weight is 531 g/mol. The molecule has 2 unspecified atom stereocenters. The van der Waals surface area contributed by atoms with E-state index in [2.05, 4.69) is 26.3 Å².